The van der Waals surface area contributed by atoms with Crippen LogP contribution in [0.2, 0.25) is 20.1 Å². The zero-order valence-electron chi connectivity index (χ0n) is 27.6. The molecule has 266 valence electrons. The molecule has 54 heavy (non-hydrogen) atoms. The number of nitrogens with zero attached hydrogens (tertiary/aromatic N) is 4. The molecule has 0 heterocycles. The average molecular weight is 794 g/mol. The minimum absolute atomic E-state index is 0.0467. The third-order valence-corrected chi connectivity index (χ3v) is 9.32. The standard InChI is InChI=1S/C40H24Cl4N6O4/c41-23-9-15-31(43)33(19-23)47-49-35-27-7-3-1-5-21(27)17-29(37(35)51)39(53)45-25-11-13-26(14-12-25)46-40(54)30-18-22-6-2-4-8-28(22)36(38(30)52)50-48-34-20-24(42)10-16-32(34)44/h1-20,51-52H,(H,45,53)(H,46,54)/b49-47+,50-48+. The second kappa shape index (κ2) is 15.5. The van der Waals surface area contributed by atoms with Gasteiger partial charge < -0.3 is 20.8 Å². The first-order valence-corrected chi connectivity index (χ1v) is 17.5. The van der Waals surface area contributed by atoms with Crippen LogP contribution in [0.15, 0.2) is 142 Å². The van der Waals surface area contributed by atoms with Crippen molar-refractivity contribution >= 4 is 114 Å². The Morgan fingerprint density at radius 3 is 1.28 bits per heavy atom. The number of halogens is 4. The summed E-state index contributed by atoms with van der Waals surface area (Å²) in [6.07, 6.45) is 0. The first kappa shape index (κ1) is 36.3. The van der Waals surface area contributed by atoms with Gasteiger partial charge in [-0.25, -0.2) is 0 Å². The van der Waals surface area contributed by atoms with Crippen molar-refractivity contribution in [3.8, 4) is 11.5 Å². The van der Waals surface area contributed by atoms with Crippen LogP contribution in [-0.2, 0) is 0 Å². The molecule has 0 spiro atoms. The minimum atomic E-state index is -0.617. The van der Waals surface area contributed by atoms with E-state index in [0.29, 0.717) is 53.0 Å². The van der Waals surface area contributed by atoms with Crippen LogP contribution in [0.3, 0.4) is 0 Å². The molecular weight excluding hydrogens is 770 g/mol. The van der Waals surface area contributed by atoms with Crippen LogP contribution in [0.5, 0.6) is 11.5 Å². The lowest BCUT2D eigenvalue weighted by atomic mass is 10.0. The molecule has 10 nitrogen and oxygen atoms in total. The zero-order valence-corrected chi connectivity index (χ0v) is 30.6. The van der Waals surface area contributed by atoms with Crippen molar-refractivity contribution in [1.82, 2.24) is 0 Å². The quantitative estimate of drug-likeness (QED) is 0.113. The Kier molecular flexibility index (Phi) is 10.4. The molecule has 4 N–H and O–H groups in total. The Morgan fingerprint density at radius 1 is 0.481 bits per heavy atom. The smallest absolute Gasteiger partial charge is 0.259 e. The molecule has 0 aliphatic carbocycles. The molecule has 0 aromatic heterocycles. The molecule has 0 saturated carbocycles. The lowest BCUT2D eigenvalue weighted by Crippen LogP contribution is -2.13. The van der Waals surface area contributed by atoms with Crippen LogP contribution < -0.4 is 10.6 Å². The molecule has 0 bridgehead atoms. The molecule has 7 aromatic carbocycles. The van der Waals surface area contributed by atoms with Crippen LogP contribution in [-0.4, -0.2) is 22.0 Å². The number of carbonyl (C=O) groups excluding carboxylic acids is 2. The van der Waals surface area contributed by atoms with Gasteiger partial charge in [-0.3, -0.25) is 9.59 Å². The van der Waals surface area contributed by atoms with Gasteiger partial charge in [-0.2, -0.15) is 0 Å². The third kappa shape index (κ3) is 7.68. The molecule has 2 amide bonds. The molecule has 0 radical (unpaired) electrons. The lowest BCUT2D eigenvalue weighted by molar-refractivity contribution is 0.101. The van der Waals surface area contributed by atoms with E-state index in [0.717, 1.165) is 0 Å². The highest BCUT2D eigenvalue weighted by Crippen LogP contribution is 2.42. The van der Waals surface area contributed by atoms with Gasteiger partial charge in [0.15, 0.2) is 11.5 Å². The molecule has 0 unspecified atom stereocenters. The van der Waals surface area contributed by atoms with Crippen molar-refractivity contribution in [2.24, 2.45) is 20.5 Å². The summed E-state index contributed by atoms with van der Waals surface area (Å²) in [7, 11) is 0. The molecule has 0 atom stereocenters. The summed E-state index contributed by atoms with van der Waals surface area (Å²) in [5, 5.41) is 48.7. The lowest BCUT2D eigenvalue weighted by Gasteiger charge is -2.13. The highest BCUT2D eigenvalue weighted by atomic mass is 35.5. The fourth-order valence-corrected chi connectivity index (χ4v) is 6.19. The van der Waals surface area contributed by atoms with Gasteiger partial charge in [0.1, 0.15) is 22.7 Å². The van der Waals surface area contributed by atoms with Crippen LogP contribution in [0.4, 0.5) is 34.1 Å². The van der Waals surface area contributed by atoms with Gasteiger partial charge in [0.25, 0.3) is 11.8 Å². The maximum atomic E-state index is 13.5. The summed E-state index contributed by atoms with van der Waals surface area (Å²) in [6, 6.07) is 33.0. The number of fused-ring (bicyclic) bond motifs is 2. The van der Waals surface area contributed by atoms with E-state index in [1.165, 1.54) is 12.1 Å². The van der Waals surface area contributed by atoms with Crippen LogP contribution >= 0.6 is 46.4 Å². The monoisotopic (exact) mass is 792 g/mol. The zero-order chi connectivity index (χ0) is 37.9. The summed E-state index contributed by atoms with van der Waals surface area (Å²) >= 11 is 24.7. The number of nitrogens with one attached hydrogen (secondary N) is 2. The Balaban J connectivity index is 1.12. The second-order valence-electron chi connectivity index (χ2n) is 11.8. The first-order valence-electron chi connectivity index (χ1n) is 16.0. The van der Waals surface area contributed by atoms with E-state index in [-0.39, 0.29) is 45.4 Å². The van der Waals surface area contributed by atoms with Gasteiger partial charge in [-0.15, -0.1) is 20.5 Å². The van der Waals surface area contributed by atoms with E-state index in [1.807, 2.05) is 0 Å². The number of anilines is 2. The Morgan fingerprint density at radius 2 is 0.870 bits per heavy atom. The Bertz CT molecular complexity index is 2500. The predicted molar refractivity (Wildman–Crippen MR) is 215 cm³/mol. The molecule has 14 heteroatoms. The minimum Gasteiger partial charge on any atom is -0.505 e. The predicted octanol–water partition coefficient (Wildman–Crippen LogP) is 13.4. The van der Waals surface area contributed by atoms with Gasteiger partial charge in [-0.05, 0) is 83.6 Å². The first-order chi connectivity index (χ1) is 26.0. The summed E-state index contributed by atoms with van der Waals surface area (Å²) in [5.41, 5.74) is 1.37. The van der Waals surface area contributed by atoms with Crippen LogP contribution in [0.25, 0.3) is 21.5 Å². The number of hydrogen-bond donors (Lipinski definition) is 4. The van der Waals surface area contributed by atoms with Crippen molar-refractivity contribution < 1.29 is 19.8 Å². The Labute approximate surface area is 327 Å². The van der Waals surface area contributed by atoms with Crippen molar-refractivity contribution in [3.05, 3.63) is 153 Å². The largest absolute Gasteiger partial charge is 0.505 e. The maximum Gasteiger partial charge on any atom is 0.259 e. The SMILES string of the molecule is O=C(Nc1ccc(NC(=O)c2cc3ccccc3c(/N=N/c3cc(Cl)ccc3Cl)c2O)cc1)c1cc2ccccc2c(/N=N/c2cc(Cl)ccc2Cl)c1O. The number of amides is 2. The normalized spacial score (nSPS) is 11.5. The number of azo groups is 2. The third-order valence-electron chi connectivity index (χ3n) is 8.21. The van der Waals surface area contributed by atoms with Crippen molar-refractivity contribution in [2.75, 3.05) is 10.6 Å². The van der Waals surface area contributed by atoms with E-state index >= 15 is 0 Å². The van der Waals surface area contributed by atoms with Crippen molar-refractivity contribution in [3.63, 3.8) is 0 Å². The fourth-order valence-electron chi connectivity index (χ4n) is 5.55. The van der Waals surface area contributed by atoms with Gasteiger partial charge in [0, 0.05) is 32.2 Å². The number of hydrogen-bond acceptors (Lipinski definition) is 8. The van der Waals surface area contributed by atoms with Crippen LogP contribution in [0, 0.1) is 0 Å². The number of phenols is 2. The number of benzene rings is 7. The van der Waals surface area contributed by atoms with Gasteiger partial charge in [-0.1, -0.05) is 94.9 Å². The molecule has 7 aromatic rings. The van der Waals surface area contributed by atoms with Crippen molar-refractivity contribution in [2.45, 2.75) is 0 Å². The number of carbonyl (C=O) groups is 2. The summed E-state index contributed by atoms with van der Waals surface area (Å²) < 4.78 is 0. The molecule has 0 aliphatic rings. The van der Waals surface area contributed by atoms with E-state index in [1.54, 1.807) is 109 Å². The van der Waals surface area contributed by atoms with E-state index < -0.39 is 11.8 Å². The summed E-state index contributed by atoms with van der Waals surface area (Å²) in [5.74, 6) is -2.01. The number of rotatable bonds is 8. The average Bonchev–Trinajstić information content (AvgIpc) is 3.16. The van der Waals surface area contributed by atoms with Gasteiger partial charge in [0.05, 0.1) is 21.2 Å². The number of aromatic hydroxyl groups is 2. The summed E-state index contributed by atoms with van der Waals surface area (Å²) in [6.45, 7) is 0. The van der Waals surface area contributed by atoms with E-state index in [9.17, 15) is 19.8 Å². The molecule has 0 fully saturated rings. The fraction of sp³-hybridized carbons (Fsp3) is 0. The van der Waals surface area contributed by atoms with E-state index in [4.69, 9.17) is 46.4 Å². The van der Waals surface area contributed by atoms with Gasteiger partial charge in [0.2, 0.25) is 0 Å². The highest BCUT2D eigenvalue weighted by Gasteiger charge is 2.21. The van der Waals surface area contributed by atoms with Crippen LogP contribution in [0.1, 0.15) is 20.7 Å². The summed E-state index contributed by atoms with van der Waals surface area (Å²) in [4.78, 5) is 27.0. The maximum absolute atomic E-state index is 13.5. The molecular formula is C40H24Cl4N6O4. The number of phenolic OH excluding ortho intramolecular Hbond substituents is 2. The molecule has 0 aliphatic heterocycles. The van der Waals surface area contributed by atoms with Crippen molar-refractivity contribution in [1.29, 1.82) is 0 Å². The molecule has 7 rings (SSSR count). The topological polar surface area (TPSA) is 148 Å². The second-order valence-corrected chi connectivity index (χ2v) is 13.4. The Hall–Kier alpha value is -6.04. The van der Waals surface area contributed by atoms with Gasteiger partial charge >= 0.3 is 0 Å². The molecule has 0 saturated heterocycles. The van der Waals surface area contributed by atoms with E-state index in [2.05, 4.69) is 31.1 Å². The highest BCUT2D eigenvalue weighted by molar-refractivity contribution is 6.35.